The molecule has 108 valence electrons. The van der Waals surface area contributed by atoms with Crippen LogP contribution in [0.25, 0.3) is 0 Å². The molecule has 1 aromatic rings. The molecule has 1 atom stereocenters. The van der Waals surface area contributed by atoms with Gasteiger partial charge in [-0.2, -0.15) is 0 Å². The standard InChI is InChI=1S/C17H23NO2/c1-12-6-8-15(9-7-12)18-11-14-5-3-2-4-13(14)10-16(18)17(19)20/h2-5,12,15-16H,6-11H2,1H3,(H,19,20)/t12?,15?,16-/m0/s1. The summed E-state index contributed by atoms with van der Waals surface area (Å²) in [6.45, 7) is 3.10. The second kappa shape index (κ2) is 5.57. The molecule has 0 saturated heterocycles. The maximum Gasteiger partial charge on any atom is 0.321 e. The number of benzene rings is 1. The van der Waals surface area contributed by atoms with Crippen molar-refractivity contribution in [1.29, 1.82) is 0 Å². The van der Waals surface area contributed by atoms with Gasteiger partial charge < -0.3 is 5.11 Å². The average Bonchev–Trinajstić information content (AvgIpc) is 2.46. The molecule has 1 saturated carbocycles. The molecular weight excluding hydrogens is 250 g/mol. The lowest BCUT2D eigenvalue weighted by atomic mass is 9.84. The lowest BCUT2D eigenvalue weighted by Gasteiger charge is -2.42. The smallest absolute Gasteiger partial charge is 0.321 e. The fourth-order valence-corrected chi connectivity index (χ4v) is 3.73. The lowest BCUT2D eigenvalue weighted by molar-refractivity contribution is -0.145. The third kappa shape index (κ3) is 2.59. The molecular formula is C17H23NO2. The Morgan fingerprint density at radius 1 is 1.15 bits per heavy atom. The molecule has 0 bridgehead atoms. The van der Waals surface area contributed by atoms with Gasteiger partial charge in [0, 0.05) is 12.6 Å². The van der Waals surface area contributed by atoms with E-state index in [0.717, 1.165) is 25.3 Å². The van der Waals surface area contributed by atoms with Gasteiger partial charge in [0.05, 0.1) is 0 Å². The molecule has 1 N–H and O–H groups in total. The molecule has 3 nitrogen and oxygen atoms in total. The van der Waals surface area contributed by atoms with E-state index < -0.39 is 5.97 Å². The average molecular weight is 273 g/mol. The van der Waals surface area contributed by atoms with Crippen molar-refractivity contribution in [2.45, 2.75) is 57.7 Å². The van der Waals surface area contributed by atoms with E-state index in [1.807, 2.05) is 6.07 Å². The molecule has 1 fully saturated rings. The summed E-state index contributed by atoms with van der Waals surface area (Å²) in [5.41, 5.74) is 2.52. The summed E-state index contributed by atoms with van der Waals surface area (Å²) in [5.74, 6) is 0.129. The summed E-state index contributed by atoms with van der Waals surface area (Å²) >= 11 is 0. The van der Waals surface area contributed by atoms with Crippen molar-refractivity contribution in [2.75, 3.05) is 0 Å². The molecule has 3 rings (SSSR count). The number of hydrogen-bond donors (Lipinski definition) is 1. The maximum atomic E-state index is 11.6. The minimum absolute atomic E-state index is 0.344. The number of rotatable bonds is 2. The third-order valence-corrected chi connectivity index (χ3v) is 5.02. The van der Waals surface area contributed by atoms with E-state index in [1.165, 1.54) is 24.0 Å². The minimum atomic E-state index is -0.668. The first-order valence-electron chi connectivity index (χ1n) is 7.70. The van der Waals surface area contributed by atoms with Crippen LogP contribution in [0.2, 0.25) is 0 Å². The van der Waals surface area contributed by atoms with Crippen LogP contribution in [0, 0.1) is 5.92 Å². The molecule has 0 unspecified atom stereocenters. The van der Waals surface area contributed by atoms with E-state index in [2.05, 4.69) is 30.0 Å². The van der Waals surface area contributed by atoms with Gasteiger partial charge in [-0.1, -0.05) is 31.2 Å². The second-order valence-electron chi connectivity index (χ2n) is 6.41. The fraction of sp³-hybridized carbons (Fsp3) is 0.588. The Morgan fingerprint density at radius 2 is 1.80 bits per heavy atom. The van der Waals surface area contributed by atoms with Crippen molar-refractivity contribution < 1.29 is 9.90 Å². The highest BCUT2D eigenvalue weighted by molar-refractivity contribution is 5.74. The van der Waals surface area contributed by atoms with Crippen LogP contribution < -0.4 is 0 Å². The van der Waals surface area contributed by atoms with Gasteiger partial charge in [0.25, 0.3) is 0 Å². The fourth-order valence-electron chi connectivity index (χ4n) is 3.73. The van der Waals surface area contributed by atoms with Crippen molar-refractivity contribution in [1.82, 2.24) is 4.90 Å². The first-order chi connectivity index (χ1) is 9.65. The van der Waals surface area contributed by atoms with Gasteiger partial charge in [-0.15, -0.1) is 0 Å². The van der Waals surface area contributed by atoms with Crippen LogP contribution in [0.1, 0.15) is 43.7 Å². The largest absolute Gasteiger partial charge is 0.480 e. The SMILES string of the molecule is CC1CCC(N2Cc3ccccc3C[C@H]2C(=O)O)CC1. The van der Waals surface area contributed by atoms with Crippen molar-refractivity contribution in [3.63, 3.8) is 0 Å². The Balaban J connectivity index is 1.83. The van der Waals surface area contributed by atoms with Gasteiger partial charge >= 0.3 is 5.97 Å². The number of carboxylic acids is 1. The van der Waals surface area contributed by atoms with E-state index in [9.17, 15) is 9.90 Å². The Morgan fingerprint density at radius 3 is 2.45 bits per heavy atom. The summed E-state index contributed by atoms with van der Waals surface area (Å²) in [4.78, 5) is 13.9. The summed E-state index contributed by atoms with van der Waals surface area (Å²) in [6.07, 6.45) is 5.40. The quantitative estimate of drug-likeness (QED) is 0.900. The number of carboxylic acid groups (broad SMARTS) is 1. The van der Waals surface area contributed by atoms with Gasteiger partial charge in [-0.3, -0.25) is 9.69 Å². The highest BCUT2D eigenvalue weighted by Crippen LogP contribution is 2.33. The van der Waals surface area contributed by atoms with Gasteiger partial charge in [0.15, 0.2) is 0 Å². The molecule has 3 heteroatoms. The molecule has 2 aliphatic rings. The first kappa shape index (κ1) is 13.6. The van der Waals surface area contributed by atoms with Crippen molar-refractivity contribution in [3.8, 4) is 0 Å². The zero-order valence-electron chi connectivity index (χ0n) is 12.1. The topological polar surface area (TPSA) is 40.5 Å². The van der Waals surface area contributed by atoms with Crippen molar-refractivity contribution in [3.05, 3.63) is 35.4 Å². The molecule has 1 aromatic carbocycles. The number of fused-ring (bicyclic) bond motifs is 1. The van der Waals surface area contributed by atoms with Crippen LogP contribution in [-0.2, 0) is 17.8 Å². The Bertz CT molecular complexity index is 492. The molecule has 0 amide bonds. The maximum absolute atomic E-state index is 11.6. The molecule has 20 heavy (non-hydrogen) atoms. The minimum Gasteiger partial charge on any atom is -0.480 e. The zero-order valence-corrected chi connectivity index (χ0v) is 12.1. The molecule has 1 heterocycles. The summed E-state index contributed by atoms with van der Waals surface area (Å²) in [5, 5.41) is 9.58. The number of hydrogen-bond acceptors (Lipinski definition) is 2. The molecule has 0 spiro atoms. The molecule has 1 aliphatic heterocycles. The van der Waals surface area contributed by atoms with E-state index in [-0.39, 0.29) is 6.04 Å². The number of aliphatic carboxylic acids is 1. The van der Waals surface area contributed by atoms with Gasteiger partial charge in [-0.05, 0) is 49.1 Å². The number of nitrogens with zero attached hydrogens (tertiary/aromatic N) is 1. The summed E-state index contributed by atoms with van der Waals surface area (Å²) in [6, 6.07) is 8.39. The first-order valence-corrected chi connectivity index (χ1v) is 7.70. The second-order valence-corrected chi connectivity index (χ2v) is 6.41. The van der Waals surface area contributed by atoms with Crippen molar-refractivity contribution in [2.24, 2.45) is 5.92 Å². The monoisotopic (exact) mass is 273 g/mol. The van der Waals surface area contributed by atoms with Crippen LogP contribution in [0.15, 0.2) is 24.3 Å². The normalized spacial score (nSPS) is 30.8. The number of carbonyl (C=O) groups is 1. The Hall–Kier alpha value is -1.35. The van der Waals surface area contributed by atoms with Gasteiger partial charge in [0.2, 0.25) is 0 Å². The van der Waals surface area contributed by atoms with Crippen LogP contribution in [0.3, 0.4) is 0 Å². The molecule has 0 radical (unpaired) electrons. The highest BCUT2D eigenvalue weighted by atomic mass is 16.4. The third-order valence-electron chi connectivity index (χ3n) is 5.02. The lowest BCUT2D eigenvalue weighted by Crippen LogP contribution is -2.51. The highest BCUT2D eigenvalue weighted by Gasteiger charge is 2.36. The van der Waals surface area contributed by atoms with E-state index in [4.69, 9.17) is 0 Å². The Labute approximate surface area is 120 Å². The summed E-state index contributed by atoms with van der Waals surface area (Å²) in [7, 11) is 0. The van der Waals surface area contributed by atoms with Crippen LogP contribution in [-0.4, -0.2) is 28.1 Å². The van der Waals surface area contributed by atoms with E-state index in [1.54, 1.807) is 0 Å². The van der Waals surface area contributed by atoms with E-state index in [0.29, 0.717) is 12.5 Å². The van der Waals surface area contributed by atoms with Gasteiger partial charge in [-0.25, -0.2) is 0 Å². The van der Waals surface area contributed by atoms with Crippen LogP contribution in [0.4, 0.5) is 0 Å². The predicted octanol–water partition coefficient (Wildman–Crippen LogP) is 3.08. The van der Waals surface area contributed by atoms with Crippen molar-refractivity contribution >= 4 is 5.97 Å². The van der Waals surface area contributed by atoms with E-state index >= 15 is 0 Å². The molecule has 1 aliphatic carbocycles. The summed E-state index contributed by atoms with van der Waals surface area (Å²) < 4.78 is 0. The zero-order chi connectivity index (χ0) is 14.1. The molecule has 0 aromatic heterocycles. The van der Waals surface area contributed by atoms with Crippen LogP contribution >= 0.6 is 0 Å². The van der Waals surface area contributed by atoms with Crippen LogP contribution in [0.5, 0.6) is 0 Å². The predicted molar refractivity (Wildman–Crippen MR) is 78.5 cm³/mol. The Kier molecular flexibility index (Phi) is 3.79. The van der Waals surface area contributed by atoms with Gasteiger partial charge in [0.1, 0.15) is 6.04 Å².